The molecular weight excluding hydrogens is 388 g/mol. The van der Waals surface area contributed by atoms with E-state index >= 15 is 0 Å². The van der Waals surface area contributed by atoms with Crippen LogP contribution in [0.15, 0.2) is 62.6 Å². The van der Waals surface area contributed by atoms with Crippen LogP contribution in [0, 0.1) is 16.2 Å². The quantitative estimate of drug-likeness (QED) is 0.414. The number of furan rings is 2. The zero-order valence-corrected chi connectivity index (χ0v) is 21.4. The predicted molar refractivity (Wildman–Crippen MR) is 131 cm³/mol. The molecule has 0 saturated carbocycles. The molecule has 3 heteroatoms. The maximum Gasteiger partial charge on any atom is 0.104 e. The van der Waals surface area contributed by atoms with E-state index in [0.717, 1.165) is 18.6 Å². The first-order chi connectivity index (χ1) is 13.7. The van der Waals surface area contributed by atoms with Gasteiger partial charge in [0, 0.05) is 6.42 Å². The van der Waals surface area contributed by atoms with Crippen LogP contribution in [0.3, 0.4) is 0 Å². The number of hydrogen-bond acceptors (Lipinski definition) is 3. The molecule has 3 aromatic heterocycles. The molecule has 168 valence electrons. The van der Waals surface area contributed by atoms with Gasteiger partial charge in [0.25, 0.3) is 0 Å². The van der Waals surface area contributed by atoms with E-state index in [-0.39, 0.29) is 0 Å². The van der Waals surface area contributed by atoms with Crippen LogP contribution in [0.25, 0.3) is 0 Å². The average molecular weight is 431 g/mol. The lowest BCUT2D eigenvalue weighted by atomic mass is 9.89. The third-order valence-corrected chi connectivity index (χ3v) is 4.65. The van der Waals surface area contributed by atoms with Crippen molar-refractivity contribution < 1.29 is 8.83 Å². The fourth-order valence-electron chi connectivity index (χ4n) is 2.95. The third kappa shape index (κ3) is 14.3. The highest BCUT2D eigenvalue weighted by molar-refractivity contribution is 7.07. The zero-order chi connectivity index (χ0) is 22.8. The van der Waals surface area contributed by atoms with E-state index in [9.17, 15) is 0 Å². The molecule has 0 spiro atoms. The summed E-state index contributed by atoms with van der Waals surface area (Å²) in [6.45, 7) is 20.1. The monoisotopic (exact) mass is 430 g/mol. The van der Waals surface area contributed by atoms with Crippen LogP contribution in [-0.2, 0) is 19.3 Å². The summed E-state index contributed by atoms with van der Waals surface area (Å²) >= 11 is 1.78. The molecule has 3 rings (SSSR count). The van der Waals surface area contributed by atoms with Crippen molar-refractivity contribution in [1.29, 1.82) is 0 Å². The lowest BCUT2D eigenvalue weighted by Gasteiger charge is -2.16. The van der Waals surface area contributed by atoms with E-state index in [2.05, 4.69) is 79.1 Å². The first-order valence-electron chi connectivity index (χ1n) is 10.8. The van der Waals surface area contributed by atoms with Gasteiger partial charge in [0.1, 0.15) is 5.76 Å². The second-order valence-corrected chi connectivity index (χ2v) is 12.3. The highest BCUT2D eigenvalue weighted by atomic mass is 32.1. The second-order valence-electron chi connectivity index (χ2n) is 11.6. The van der Waals surface area contributed by atoms with Crippen molar-refractivity contribution in [2.24, 2.45) is 16.2 Å². The Morgan fingerprint density at radius 3 is 1.70 bits per heavy atom. The molecule has 0 saturated heterocycles. The molecule has 0 bridgehead atoms. The number of hydrogen-bond donors (Lipinski definition) is 0. The Morgan fingerprint density at radius 2 is 1.30 bits per heavy atom. The fourth-order valence-corrected chi connectivity index (χ4v) is 3.62. The van der Waals surface area contributed by atoms with E-state index < -0.39 is 0 Å². The average Bonchev–Trinajstić information content (AvgIpc) is 3.27. The van der Waals surface area contributed by atoms with Crippen molar-refractivity contribution in [2.45, 2.75) is 81.6 Å². The molecule has 30 heavy (non-hydrogen) atoms. The zero-order valence-electron chi connectivity index (χ0n) is 20.5. The van der Waals surface area contributed by atoms with Crippen LogP contribution in [0.4, 0.5) is 0 Å². The van der Waals surface area contributed by atoms with Crippen LogP contribution < -0.4 is 0 Å². The molecule has 0 N–H and O–H groups in total. The Labute approximate surface area is 188 Å². The summed E-state index contributed by atoms with van der Waals surface area (Å²) in [7, 11) is 0. The summed E-state index contributed by atoms with van der Waals surface area (Å²) < 4.78 is 10.2. The first-order valence-corrected chi connectivity index (χ1v) is 11.7. The Kier molecular flexibility index (Phi) is 10.2. The summed E-state index contributed by atoms with van der Waals surface area (Å²) in [6.07, 6.45) is 8.55. The van der Waals surface area contributed by atoms with Gasteiger partial charge < -0.3 is 8.83 Å². The Hall–Kier alpha value is -1.74. The number of thiophene rings is 1. The van der Waals surface area contributed by atoms with E-state index in [4.69, 9.17) is 8.83 Å². The van der Waals surface area contributed by atoms with Crippen LogP contribution in [0.5, 0.6) is 0 Å². The van der Waals surface area contributed by atoms with Gasteiger partial charge in [-0.1, -0.05) is 62.3 Å². The van der Waals surface area contributed by atoms with Crippen molar-refractivity contribution in [3.63, 3.8) is 0 Å². The topological polar surface area (TPSA) is 26.3 Å². The maximum absolute atomic E-state index is 5.21. The minimum absolute atomic E-state index is 0.331. The SMILES string of the molecule is CC(C)(C)Cc1ccco1.CC(C)(C)Cc1ccoc1.CC(C)(C)Cc1ccsc1. The maximum atomic E-state index is 5.21. The molecule has 2 nitrogen and oxygen atoms in total. The van der Waals surface area contributed by atoms with Crippen LogP contribution in [0.1, 0.15) is 79.2 Å². The molecule has 0 unspecified atom stereocenters. The van der Waals surface area contributed by atoms with Crippen molar-refractivity contribution in [2.75, 3.05) is 0 Å². The van der Waals surface area contributed by atoms with E-state index in [0.29, 0.717) is 16.2 Å². The summed E-state index contributed by atoms with van der Waals surface area (Å²) in [4.78, 5) is 0. The van der Waals surface area contributed by atoms with Crippen LogP contribution in [0.2, 0.25) is 0 Å². The second kappa shape index (κ2) is 11.6. The molecule has 0 atom stereocenters. The Balaban J connectivity index is 0.000000225. The smallest absolute Gasteiger partial charge is 0.104 e. The molecule has 0 aliphatic carbocycles. The van der Waals surface area contributed by atoms with Crippen molar-refractivity contribution in [1.82, 2.24) is 0 Å². The van der Waals surface area contributed by atoms with Crippen LogP contribution in [-0.4, -0.2) is 0 Å². The predicted octanol–water partition coefficient (Wildman–Crippen LogP) is 9.07. The van der Waals surface area contributed by atoms with Gasteiger partial charge in [-0.25, -0.2) is 0 Å². The minimum Gasteiger partial charge on any atom is -0.472 e. The van der Waals surface area contributed by atoms with Gasteiger partial charge in [-0.2, -0.15) is 11.3 Å². The van der Waals surface area contributed by atoms with Crippen molar-refractivity contribution >= 4 is 11.3 Å². The molecule has 3 heterocycles. The summed E-state index contributed by atoms with van der Waals surface area (Å²) in [5.41, 5.74) is 3.88. The summed E-state index contributed by atoms with van der Waals surface area (Å²) in [5, 5.41) is 4.37. The first kappa shape index (κ1) is 26.3. The van der Waals surface area contributed by atoms with Gasteiger partial charge in [0.15, 0.2) is 0 Å². The summed E-state index contributed by atoms with van der Waals surface area (Å²) in [6, 6.07) is 8.17. The van der Waals surface area contributed by atoms with E-state index in [1.807, 2.05) is 24.5 Å². The Morgan fingerprint density at radius 1 is 0.700 bits per heavy atom. The van der Waals surface area contributed by atoms with Gasteiger partial charge >= 0.3 is 0 Å². The van der Waals surface area contributed by atoms with E-state index in [1.165, 1.54) is 17.5 Å². The van der Waals surface area contributed by atoms with Crippen molar-refractivity contribution in [3.05, 3.63) is 70.7 Å². The Bertz CT molecular complexity index is 650. The van der Waals surface area contributed by atoms with Crippen LogP contribution >= 0.6 is 11.3 Å². The fraction of sp³-hybridized carbons (Fsp3) is 0.556. The van der Waals surface area contributed by atoms with Gasteiger partial charge in [-0.15, -0.1) is 0 Å². The van der Waals surface area contributed by atoms with Gasteiger partial charge in [-0.3, -0.25) is 0 Å². The minimum atomic E-state index is 0.331. The molecule has 0 aliphatic heterocycles. The third-order valence-electron chi connectivity index (χ3n) is 3.91. The largest absolute Gasteiger partial charge is 0.472 e. The normalized spacial score (nSPS) is 11.9. The molecule has 3 aromatic rings. The van der Waals surface area contributed by atoms with E-state index in [1.54, 1.807) is 23.9 Å². The van der Waals surface area contributed by atoms with Gasteiger partial charge in [0.2, 0.25) is 0 Å². The summed E-state index contributed by atoms with van der Waals surface area (Å²) in [5.74, 6) is 1.08. The van der Waals surface area contributed by atoms with Gasteiger partial charge in [-0.05, 0) is 75.2 Å². The lowest BCUT2D eigenvalue weighted by molar-refractivity contribution is 0.363. The molecule has 0 radical (unpaired) electrons. The molecular formula is C27H42O2S. The molecule has 0 fully saturated rings. The molecule has 0 aromatic carbocycles. The lowest BCUT2D eigenvalue weighted by Crippen LogP contribution is -2.07. The highest BCUT2D eigenvalue weighted by Crippen LogP contribution is 2.22. The van der Waals surface area contributed by atoms with Gasteiger partial charge in [0.05, 0.1) is 18.8 Å². The number of rotatable bonds is 3. The molecule has 0 amide bonds. The molecule has 0 aliphatic rings. The van der Waals surface area contributed by atoms with Crippen molar-refractivity contribution in [3.8, 4) is 0 Å². The highest BCUT2D eigenvalue weighted by Gasteiger charge is 2.12. The standard InChI is InChI=1S/2C9H14O.C9H14S/c1-9(2,3)6-8-4-5-10-7-8;1-9(2,3)7-8-5-4-6-10-8;1-9(2,3)6-8-4-5-10-7-8/h4-5,7H,6H2,1-3H3;4-6H,7H2,1-3H3;4-5,7H,6H2,1-3H3.